The zero-order chi connectivity index (χ0) is 19.9. The molecule has 0 radical (unpaired) electrons. The molecule has 0 unspecified atom stereocenters. The molecule has 2 N–H and O–H groups in total. The first-order valence-electron chi connectivity index (χ1n) is 8.61. The van der Waals surface area contributed by atoms with Gasteiger partial charge in [0, 0.05) is 37.7 Å². The summed E-state index contributed by atoms with van der Waals surface area (Å²) in [5.74, 6) is 0.527. The molecule has 0 aliphatic rings. The van der Waals surface area contributed by atoms with Gasteiger partial charge in [-0.1, -0.05) is 18.2 Å². The Morgan fingerprint density at radius 2 is 1.96 bits per heavy atom. The number of nitrogens with one attached hydrogen (secondary N) is 2. The van der Waals surface area contributed by atoms with Gasteiger partial charge < -0.3 is 15.5 Å². The van der Waals surface area contributed by atoms with E-state index in [1.54, 1.807) is 7.05 Å². The number of para-hydroxylation sites is 1. The Morgan fingerprint density at radius 3 is 2.54 bits per heavy atom. The molecular formula is C18H25F3IN5S. The van der Waals surface area contributed by atoms with E-state index in [0.29, 0.717) is 17.5 Å². The molecule has 28 heavy (non-hydrogen) atoms. The summed E-state index contributed by atoms with van der Waals surface area (Å²) in [5, 5.41) is 7.56. The summed E-state index contributed by atoms with van der Waals surface area (Å²) in [6.07, 6.45) is -4.41. The number of hydrogen-bond acceptors (Lipinski definition) is 4. The predicted octanol–water partition coefficient (Wildman–Crippen LogP) is 4.28. The largest absolute Gasteiger partial charge is 0.434 e. The van der Waals surface area contributed by atoms with Crippen molar-refractivity contribution in [3.63, 3.8) is 0 Å². The summed E-state index contributed by atoms with van der Waals surface area (Å²) in [6, 6.07) is 8.20. The van der Waals surface area contributed by atoms with Crippen LogP contribution < -0.4 is 15.5 Å². The molecule has 156 valence electrons. The molecule has 0 amide bonds. The van der Waals surface area contributed by atoms with E-state index >= 15 is 0 Å². The Bertz CT molecular complexity index is 764. The smallest absolute Gasteiger partial charge is 0.370 e. The minimum Gasteiger partial charge on any atom is -0.370 e. The molecule has 10 heteroatoms. The standard InChI is InChI=1S/C18H24F3N5S.HI/c1-4-26(14-8-6-5-7-13(14)2)10-9-23-17(22-3)24-11-16-25-15(12-27-16)18(19,20)21;/h5-8,12H,4,9-11H2,1-3H3,(H2,22,23,24);1H. The molecule has 2 aromatic rings. The number of alkyl halides is 3. The summed E-state index contributed by atoms with van der Waals surface area (Å²) < 4.78 is 37.8. The number of hydrogen-bond donors (Lipinski definition) is 2. The van der Waals surface area contributed by atoms with Crippen molar-refractivity contribution in [1.29, 1.82) is 0 Å². The van der Waals surface area contributed by atoms with Crippen LogP contribution >= 0.6 is 35.3 Å². The number of benzene rings is 1. The maximum Gasteiger partial charge on any atom is 0.434 e. The van der Waals surface area contributed by atoms with Crippen LogP contribution in [-0.4, -0.2) is 37.6 Å². The first-order valence-corrected chi connectivity index (χ1v) is 9.49. The lowest BCUT2D eigenvalue weighted by Crippen LogP contribution is -2.41. The van der Waals surface area contributed by atoms with Crippen molar-refractivity contribution in [2.75, 3.05) is 31.6 Å². The van der Waals surface area contributed by atoms with E-state index in [2.05, 4.69) is 51.5 Å². The number of rotatable bonds is 7. The lowest BCUT2D eigenvalue weighted by atomic mass is 10.2. The lowest BCUT2D eigenvalue weighted by Gasteiger charge is -2.25. The molecule has 0 atom stereocenters. The van der Waals surface area contributed by atoms with E-state index in [1.165, 1.54) is 11.3 Å². The molecule has 1 aromatic heterocycles. The third-order valence-electron chi connectivity index (χ3n) is 3.98. The number of halogens is 4. The second-order valence-corrected chi connectivity index (χ2v) is 6.79. The van der Waals surface area contributed by atoms with Crippen LogP contribution in [0.25, 0.3) is 0 Å². The van der Waals surface area contributed by atoms with E-state index in [-0.39, 0.29) is 30.5 Å². The predicted molar refractivity (Wildman–Crippen MR) is 120 cm³/mol. The molecule has 1 heterocycles. The summed E-state index contributed by atoms with van der Waals surface area (Å²) in [6.45, 7) is 6.66. The summed E-state index contributed by atoms with van der Waals surface area (Å²) in [5.41, 5.74) is 1.54. The van der Waals surface area contributed by atoms with Gasteiger partial charge in [-0.3, -0.25) is 4.99 Å². The Kier molecular flexibility index (Phi) is 10.0. The Balaban J connectivity index is 0.00000392. The molecular weight excluding hydrogens is 502 g/mol. The average Bonchev–Trinajstić information content (AvgIpc) is 3.12. The normalized spacial score (nSPS) is 11.7. The molecule has 5 nitrogen and oxygen atoms in total. The van der Waals surface area contributed by atoms with Crippen LogP contribution in [0, 0.1) is 6.92 Å². The number of anilines is 1. The maximum absolute atomic E-state index is 12.6. The minimum atomic E-state index is -4.41. The Labute approximate surface area is 184 Å². The van der Waals surface area contributed by atoms with Gasteiger partial charge >= 0.3 is 6.18 Å². The quantitative estimate of drug-likeness (QED) is 0.321. The number of likely N-dealkylation sites (N-methyl/N-ethyl adjacent to an activating group) is 1. The number of aryl methyl sites for hydroxylation is 1. The highest BCUT2D eigenvalue weighted by molar-refractivity contribution is 14.0. The van der Waals surface area contributed by atoms with Crippen LogP contribution in [0.5, 0.6) is 0 Å². The van der Waals surface area contributed by atoms with E-state index in [1.807, 2.05) is 12.1 Å². The molecule has 0 saturated heterocycles. The monoisotopic (exact) mass is 527 g/mol. The molecule has 2 rings (SSSR count). The van der Waals surface area contributed by atoms with Gasteiger partial charge in [0.1, 0.15) is 5.01 Å². The second kappa shape index (κ2) is 11.4. The van der Waals surface area contributed by atoms with Crippen LogP contribution in [0.4, 0.5) is 18.9 Å². The highest BCUT2D eigenvalue weighted by atomic mass is 127. The topological polar surface area (TPSA) is 52.5 Å². The van der Waals surface area contributed by atoms with E-state index in [0.717, 1.165) is 29.8 Å². The van der Waals surface area contributed by atoms with Crippen molar-refractivity contribution in [3.8, 4) is 0 Å². The fourth-order valence-electron chi connectivity index (χ4n) is 2.58. The third kappa shape index (κ3) is 7.12. The van der Waals surface area contributed by atoms with Gasteiger partial charge in [-0.15, -0.1) is 35.3 Å². The fourth-order valence-corrected chi connectivity index (χ4v) is 3.32. The van der Waals surface area contributed by atoms with Gasteiger partial charge in [-0.25, -0.2) is 4.98 Å². The van der Waals surface area contributed by atoms with Crippen LogP contribution in [0.1, 0.15) is 23.2 Å². The number of thiazole rings is 1. The Morgan fingerprint density at radius 1 is 1.25 bits per heavy atom. The SMILES string of the molecule is CCN(CCNC(=NC)NCc1nc(C(F)(F)F)cs1)c1ccccc1C.I. The van der Waals surface area contributed by atoms with Crippen LogP contribution in [-0.2, 0) is 12.7 Å². The fraction of sp³-hybridized carbons (Fsp3) is 0.444. The number of guanidine groups is 1. The molecule has 1 aromatic carbocycles. The zero-order valence-electron chi connectivity index (χ0n) is 16.0. The number of aliphatic imine (C=N–C) groups is 1. The van der Waals surface area contributed by atoms with Gasteiger partial charge in [0.05, 0.1) is 6.54 Å². The lowest BCUT2D eigenvalue weighted by molar-refractivity contribution is -0.140. The van der Waals surface area contributed by atoms with Crippen LogP contribution in [0.3, 0.4) is 0 Å². The first kappa shape index (κ1) is 24.5. The highest BCUT2D eigenvalue weighted by Gasteiger charge is 2.33. The summed E-state index contributed by atoms with van der Waals surface area (Å²) in [4.78, 5) is 9.96. The van der Waals surface area contributed by atoms with E-state index < -0.39 is 11.9 Å². The third-order valence-corrected chi connectivity index (χ3v) is 4.83. The highest BCUT2D eigenvalue weighted by Crippen LogP contribution is 2.29. The van der Waals surface area contributed by atoms with Gasteiger partial charge in [0.25, 0.3) is 0 Å². The average molecular weight is 527 g/mol. The molecule has 0 spiro atoms. The molecule has 0 aliphatic heterocycles. The van der Waals surface area contributed by atoms with Crippen molar-refractivity contribution in [2.45, 2.75) is 26.6 Å². The second-order valence-electron chi connectivity index (χ2n) is 5.84. The molecule has 0 bridgehead atoms. The minimum absolute atomic E-state index is 0. The van der Waals surface area contributed by atoms with Crippen molar-refractivity contribution in [1.82, 2.24) is 15.6 Å². The van der Waals surface area contributed by atoms with Gasteiger partial charge in [-0.2, -0.15) is 13.2 Å². The maximum atomic E-state index is 12.6. The Hall–Kier alpha value is -1.56. The van der Waals surface area contributed by atoms with Crippen molar-refractivity contribution in [2.24, 2.45) is 4.99 Å². The van der Waals surface area contributed by atoms with Crippen LogP contribution in [0.15, 0.2) is 34.6 Å². The molecule has 0 fully saturated rings. The van der Waals surface area contributed by atoms with Gasteiger partial charge in [0.2, 0.25) is 0 Å². The molecule has 0 aliphatic carbocycles. The van der Waals surface area contributed by atoms with Crippen molar-refractivity contribution >= 4 is 47.0 Å². The summed E-state index contributed by atoms with van der Waals surface area (Å²) >= 11 is 0.976. The van der Waals surface area contributed by atoms with Crippen LogP contribution in [0.2, 0.25) is 0 Å². The zero-order valence-corrected chi connectivity index (χ0v) is 19.2. The molecule has 0 saturated carbocycles. The number of nitrogens with zero attached hydrogens (tertiary/aromatic N) is 3. The van der Waals surface area contributed by atoms with Gasteiger partial charge in [0.15, 0.2) is 11.7 Å². The van der Waals surface area contributed by atoms with Gasteiger partial charge in [-0.05, 0) is 25.5 Å². The van der Waals surface area contributed by atoms with E-state index in [9.17, 15) is 13.2 Å². The van der Waals surface area contributed by atoms with Crippen molar-refractivity contribution < 1.29 is 13.2 Å². The van der Waals surface area contributed by atoms with E-state index in [4.69, 9.17) is 0 Å². The summed E-state index contributed by atoms with van der Waals surface area (Å²) in [7, 11) is 1.62. The first-order chi connectivity index (χ1) is 12.8. The number of aromatic nitrogens is 1. The van der Waals surface area contributed by atoms with Crippen molar-refractivity contribution in [3.05, 3.63) is 45.9 Å².